The van der Waals surface area contributed by atoms with Crippen LogP contribution in [0.2, 0.25) is 0 Å². The molecule has 2 heteroatoms. The van der Waals surface area contributed by atoms with Gasteiger partial charge in [-0.05, 0) is 91.7 Å². The molecule has 43 heavy (non-hydrogen) atoms. The molecule has 0 spiro atoms. The average molecular weight is 553 g/mol. The fourth-order valence-electron chi connectivity index (χ4n) is 5.99. The Morgan fingerprint density at radius 3 is 1.95 bits per heavy atom. The summed E-state index contributed by atoms with van der Waals surface area (Å²) in [4.78, 5) is 4.76. The summed E-state index contributed by atoms with van der Waals surface area (Å²) < 4.78 is 0. The number of nitrogens with zero attached hydrogens (tertiary/aromatic N) is 1. The fraction of sp³-hybridized carbons (Fsp3) is 0.0244. The number of benzene rings is 5. The van der Waals surface area contributed by atoms with E-state index in [2.05, 4.69) is 112 Å². The third-order valence-corrected chi connectivity index (χ3v) is 8.01. The predicted molar refractivity (Wildman–Crippen MR) is 187 cm³/mol. The molecule has 0 saturated heterocycles. The molecular formula is C41H32N2. The number of hydrogen-bond donors (Lipinski definition) is 1. The molecule has 5 aromatic carbocycles. The summed E-state index contributed by atoms with van der Waals surface area (Å²) in [5.41, 5.74) is 11.6. The Labute approximate surface area is 253 Å². The molecule has 0 aliphatic heterocycles. The smallest absolute Gasteiger partial charge is 0.0702 e. The molecule has 6 aromatic rings. The lowest BCUT2D eigenvalue weighted by Crippen LogP contribution is -1.96. The van der Waals surface area contributed by atoms with Crippen molar-refractivity contribution in [1.29, 1.82) is 5.41 Å². The van der Waals surface area contributed by atoms with Gasteiger partial charge in [-0.2, -0.15) is 0 Å². The van der Waals surface area contributed by atoms with E-state index in [1.807, 2.05) is 30.5 Å². The maximum Gasteiger partial charge on any atom is 0.0702 e. The Bertz CT molecular complexity index is 2090. The second-order valence-corrected chi connectivity index (χ2v) is 10.6. The number of nitrogens with one attached hydrogen (secondary N) is 1. The highest BCUT2D eigenvalue weighted by Crippen LogP contribution is 2.44. The zero-order valence-corrected chi connectivity index (χ0v) is 24.3. The van der Waals surface area contributed by atoms with Gasteiger partial charge in [-0.25, -0.2) is 0 Å². The normalized spacial score (nSPS) is 11.4. The molecule has 1 aromatic heterocycles. The van der Waals surface area contributed by atoms with Crippen LogP contribution in [0.25, 0.3) is 72.8 Å². The summed E-state index contributed by atoms with van der Waals surface area (Å²) in [6, 6.07) is 34.5. The summed E-state index contributed by atoms with van der Waals surface area (Å²) >= 11 is 0. The number of aryl methyl sites for hydroxylation is 1. The van der Waals surface area contributed by atoms with Crippen LogP contribution in [0, 0.1) is 12.3 Å². The Hall–Kier alpha value is -5.60. The van der Waals surface area contributed by atoms with E-state index in [0.29, 0.717) is 0 Å². The van der Waals surface area contributed by atoms with Gasteiger partial charge in [0.2, 0.25) is 0 Å². The van der Waals surface area contributed by atoms with Gasteiger partial charge in [0.1, 0.15) is 0 Å². The summed E-state index contributed by atoms with van der Waals surface area (Å²) in [6.45, 7) is 14.5. The van der Waals surface area contributed by atoms with Crippen molar-refractivity contribution in [3.05, 3.63) is 157 Å². The van der Waals surface area contributed by atoms with Crippen molar-refractivity contribution in [3.8, 4) is 33.5 Å². The van der Waals surface area contributed by atoms with E-state index in [0.717, 1.165) is 61.2 Å². The van der Waals surface area contributed by atoms with Crippen molar-refractivity contribution in [2.45, 2.75) is 6.92 Å². The number of hydrogen-bond acceptors (Lipinski definition) is 2. The van der Waals surface area contributed by atoms with E-state index in [9.17, 15) is 0 Å². The molecule has 0 aliphatic rings. The highest BCUT2D eigenvalue weighted by atomic mass is 14.7. The van der Waals surface area contributed by atoms with E-state index >= 15 is 0 Å². The van der Waals surface area contributed by atoms with E-state index in [1.165, 1.54) is 27.9 Å². The van der Waals surface area contributed by atoms with Crippen molar-refractivity contribution < 1.29 is 0 Å². The third kappa shape index (κ3) is 5.05. The summed E-state index contributed by atoms with van der Waals surface area (Å²) in [6.07, 6.45) is 10.5. The second-order valence-electron chi connectivity index (χ2n) is 10.6. The number of aromatic nitrogens is 1. The fourth-order valence-corrected chi connectivity index (χ4v) is 5.99. The highest BCUT2D eigenvalue weighted by Gasteiger charge is 2.19. The maximum absolute atomic E-state index is 7.41. The summed E-state index contributed by atoms with van der Waals surface area (Å²) in [5, 5.41) is 12.2. The second kappa shape index (κ2) is 11.7. The van der Waals surface area contributed by atoms with Gasteiger partial charge in [0.25, 0.3) is 0 Å². The van der Waals surface area contributed by atoms with Crippen LogP contribution < -0.4 is 0 Å². The minimum atomic E-state index is 0.864. The van der Waals surface area contributed by atoms with Gasteiger partial charge in [-0.1, -0.05) is 122 Å². The first-order valence-corrected chi connectivity index (χ1v) is 14.3. The monoisotopic (exact) mass is 552 g/mol. The molecule has 0 unspecified atom stereocenters. The van der Waals surface area contributed by atoms with Gasteiger partial charge in [0.05, 0.1) is 5.69 Å². The first-order valence-electron chi connectivity index (χ1n) is 14.3. The summed E-state index contributed by atoms with van der Waals surface area (Å²) in [5.74, 6) is 0. The molecular weight excluding hydrogens is 520 g/mol. The maximum atomic E-state index is 7.41. The van der Waals surface area contributed by atoms with Crippen LogP contribution in [0.3, 0.4) is 0 Å². The molecule has 2 nitrogen and oxygen atoms in total. The van der Waals surface area contributed by atoms with Crippen molar-refractivity contribution in [2.75, 3.05) is 0 Å². The van der Waals surface area contributed by atoms with E-state index in [-0.39, 0.29) is 0 Å². The van der Waals surface area contributed by atoms with Crippen LogP contribution in [0.15, 0.2) is 135 Å². The predicted octanol–water partition coefficient (Wildman–Crippen LogP) is 11.2. The average Bonchev–Trinajstić information content (AvgIpc) is 3.06. The Kier molecular flexibility index (Phi) is 7.51. The minimum absolute atomic E-state index is 0.864. The van der Waals surface area contributed by atoms with Gasteiger partial charge < -0.3 is 5.41 Å². The highest BCUT2D eigenvalue weighted by molar-refractivity contribution is 6.12. The van der Waals surface area contributed by atoms with Crippen LogP contribution >= 0.6 is 0 Å². The topological polar surface area (TPSA) is 36.7 Å². The number of pyridine rings is 1. The van der Waals surface area contributed by atoms with Crippen molar-refractivity contribution in [2.24, 2.45) is 0 Å². The van der Waals surface area contributed by atoms with Crippen molar-refractivity contribution >= 4 is 45.5 Å². The van der Waals surface area contributed by atoms with E-state index < -0.39 is 0 Å². The van der Waals surface area contributed by atoms with Crippen LogP contribution in [0.4, 0.5) is 0 Å². The van der Waals surface area contributed by atoms with Crippen LogP contribution in [0.1, 0.15) is 22.3 Å². The molecule has 6 rings (SSSR count). The molecule has 0 bridgehead atoms. The molecule has 206 valence electrons. The lowest BCUT2D eigenvalue weighted by molar-refractivity contribution is 1.31. The number of fused-ring (bicyclic) bond motifs is 2. The Morgan fingerprint density at radius 2 is 1.33 bits per heavy atom. The van der Waals surface area contributed by atoms with Gasteiger partial charge in [-0.3, -0.25) is 4.98 Å². The number of allylic oxidation sites excluding steroid dienone is 3. The number of rotatable bonds is 8. The van der Waals surface area contributed by atoms with Crippen LogP contribution in [-0.4, -0.2) is 11.2 Å². The molecule has 0 aliphatic carbocycles. The van der Waals surface area contributed by atoms with Crippen molar-refractivity contribution in [1.82, 2.24) is 4.98 Å². The lowest BCUT2D eigenvalue weighted by Gasteiger charge is -2.21. The zero-order valence-electron chi connectivity index (χ0n) is 24.3. The zero-order chi connectivity index (χ0) is 29.9. The molecule has 0 saturated carbocycles. The molecule has 1 heterocycles. The molecule has 0 radical (unpaired) electrons. The molecule has 0 atom stereocenters. The summed E-state index contributed by atoms with van der Waals surface area (Å²) in [7, 11) is 0. The Balaban J connectivity index is 1.55. The van der Waals surface area contributed by atoms with Gasteiger partial charge in [0.15, 0.2) is 0 Å². The van der Waals surface area contributed by atoms with Crippen LogP contribution in [-0.2, 0) is 0 Å². The molecule has 0 fully saturated rings. The first-order chi connectivity index (χ1) is 21.1. The van der Waals surface area contributed by atoms with Gasteiger partial charge in [-0.15, -0.1) is 0 Å². The van der Waals surface area contributed by atoms with Crippen LogP contribution in [0.5, 0.6) is 0 Å². The van der Waals surface area contributed by atoms with E-state index in [1.54, 1.807) is 12.2 Å². The first kappa shape index (κ1) is 27.6. The standard InChI is InChI=1S/C41H32N2/c1-5-28(21-22-42)34-19-20-39(43-26-34)31-11-10-12-32(25-31)40-35(6-2)36(7-3)41(38-14-9-8-13-37(38)40)33-18-17-29-23-27(4)15-16-30(29)24-33/h5-26,42H,1-3H2,4H3/b28-21+,42-22?. The quantitative estimate of drug-likeness (QED) is 0.148. The van der Waals surface area contributed by atoms with Crippen molar-refractivity contribution in [3.63, 3.8) is 0 Å². The Morgan fingerprint density at radius 1 is 0.674 bits per heavy atom. The van der Waals surface area contributed by atoms with E-state index in [4.69, 9.17) is 10.4 Å². The molecule has 1 N–H and O–H groups in total. The minimum Gasteiger partial charge on any atom is -0.309 e. The van der Waals surface area contributed by atoms with Gasteiger partial charge >= 0.3 is 0 Å². The molecule has 0 amide bonds. The van der Waals surface area contributed by atoms with Gasteiger partial charge in [0, 0.05) is 23.5 Å². The third-order valence-electron chi connectivity index (χ3n) is 8.01. The lowest BCUT2D eigenvalue weighted by atomic mass is 9.83. The largest absolute Gasteiger partial charge is 0.309 e. The SMILES string of the molecule is C=C/C(=C\C=N)c1ccc(-c2cccc(-c3c(C=C)c(C=C)c(-c4ccc5cc(C)ccc5c4)c4ccccc34)c2)nc1.